The Balaban J connectivity index is 1.91. The van der Waals surface area contributed by atoms with E-state index < -0.39 is 0 Å². The van der Waals surface area contributed by atoms with Gasteiger partial charge in [-0.2, -0.15) is 0 Å². The highest BCUT2D eigenvalue weighted by molar-refractivity contribution is 7.15. The molecule has 0 bridgehead atoms. The van der Waals surface area contributed by atoms with E-state index in [-0.39, 0.29) is 6.10 Å². The zero-order valence-electron chi connectivity index (χ0n) is 10.2. The molecule has 1 N–H and O–H groups in total. The van der Waals surface area contributed by atoms with E-state index in [0.29, 0.717) is 0 Å². The summed E-state index contributed by atoms with van der Waals surface area (Å²) in [5, 5.41) is 4.37. The Hall–Kier alpha value is -1.30. The lowest BCUT2D eigenvalue weighted by molar-refractivity contribution is 0.0295. The van der Waals surface area contributed by atoms with Crippen molar-refractivity contribution in [3.8, 4) is 10.6 Å². The number of aromatic nitrogens is 2. The molecule has 3 heterocycles. The third kappa shape index (κ3) is 2.29. The fourth-order valence-electron chi connectivity index (χ4n) is 2.05. The molecule has 1 fully saturated rings. The molecular formula is C13H15N3OS. The minimum Gasteiger partial charge on any atom is -0.370 e. The first-order valence-electron chi connectivity index (χ1n) is 6.04. The maximum Gasteiger partial charge on any atom is 0.125 e. The van der Waals surface area contributed by atoms with Gasteiger partial charge in [-0.1, -0.05) is 0 Å². The molecule has 5 heteroatoms. The molecule has 1 aliphatic rings. The fraction of sp³-hybridized carbons (Fsp3) is 0.385. The van der Waals surface area contributed by atoms with E-state index in [1.807, 2.05) is 25.3 Å². The molecular weight excluding hydrogens is 246 g/mol. The minimum atomic E-state index is 0.140. The third-order valence-corrected chi connectivity index (χ3v) is 4.26. The molecule has 2 aromatic heterocycles. The van der Waals surface area contributed by atoms with Crippen LogP contribution in [0.15, 0.2) is 24.5 Å². The zero-order valence-corrected chi connectivity index (χ0v) is 11.0. The van der Waals surface area contributed by atoms with Gasteiger partial charge in [0, 0.05) is 31.0 Å². The number of morpholine rings is 1. The van der Waals surface area contributed by atoms with Crippen LogP contribution >= 0.6 is 11.3 Å². The van der Waals surface area contributed by atoms with Crippen LogP contribution in [0.25, 0.3) is 10.6 Å². The van der Waals surface area contributed by atoms with Crippen molar-refractivity contribution in [3.05, 3.63) is 35.1 Å². The van der Waals surface area contributed by atoms with Crippen molar-refractivity contribution in [3.63, 3.8) is 0 Å². The standard InChI is InChI=1S/C13H15N3OS/c1-9-12(11-8-15-5-6-17-11)18-13(16-9)10-3-2-4-14-7-10/h2-4,7,11,15H,5-6,8H2,1H3. The van der Waals surface area contributed by atoms with Gasteiger partial charge in [0.05, 0.1) is 17.2 Å². The first-order chi connectivity index (χ1) is 8.84. The summed E-state index contributed by atoms with van der Waals surface area (Å²) in [5.41, 5.74) is 2.13. The highest BCUT2D eigenvalue weighted by Gasteiger charge is 2.21. The summed E-state index contributed by atoms with van der Waals surface area (Å²) in [6, 6.07) is 3.97. The van der Waals surface area contributed by atoms with E-state index in [4.69, 9.17) is 4.74 Å². The van der Waals surface area contributed by atoms with E-state index in [1.165, 1.54) is 4.88 Å². The Bertz CT molecular complexity index is 520. The molecule has 4 nitrogen and oxygen atoms in total. The highest BCUT2D eigenvalue weighted by atomic mass is 32.1. The quantitative estimate of drug-likeness (QED) is 0.900. The molecule has 0 aliphatic carbocycles. The number of rotatable bonds is 2. The van der Waals surface area contributed by atoms with Crippen molar-refractivity contribution < 1.29 is 4.74 Å². The topological polar surface area (TPSA) is 47.0 Å². The molecule has 1 aliphatic heterocycles. The molecule has 18 heavy (non-hydrogen) atoms. The Morgan fingerprint density at radius 3 is 3.17 bits per heavy atom. The van der Waals surface area contributed by atoms with Crippen molar-refractivity contribution in [2.24, 2.45) is 0 Å². The molecule has 3 rings (SSSR count). The Kier molecular flexibility index (Phi) is 3.36. The second kappa shape index (κ2) is 5.14. The van der Waals surface area contributed by atoms with Crippen molar-refractivity contribution in [1.82, 2.24) is 15.3 Å². The van der Waals surface area contributed by atoms with Crippen LogP contribution in [0.3, 0.4) is 0 Å². The second-order valence-electron chi connectivity index (χ2n) is 4.27. The van der Waals surface area contributed by atoms with Crippen LogP contribution in [0.2, 0.25) is 0 Å². The van der Waals surface area contributed by atoms with Gasteiger partial charge in [-0.3, -0.25) is 4.98 Å². The van der Waals surface area contributed by atoms with Gasteiger partial charge in [0.25, 0.3) is 0 Å². The van der Waals surface area contributed by atoms with Gasteiger partial charge in [0.15, 0.2) is 0 Å². The molecule has 0 aromatic carbocycles. The average molecular weight is 261 g/mol. The number of nitrogens with one attached hydrogen (secondary N) is 1. The van der Waals surface area contributed by atoms with Crippen LogP contribution in [0, 0.1) is 6.92 Å². The van der Waals surface area contributed by atoms with Crippen LogP contribution in [0.5, 0.6) is 0 Å². The summed E-state index contributed by atoms with van der Waals surface area (Å²) >= 11 is 1.70. The summed E-state index contributed by atoms with van der Waals surface area (Å²) in [6.07, 6.45) is 3.77. The minimum absolute atomic E-state index is 0.140. The monoisotopic (exact) mass is 261 g/mol. The second-order valence-corrected chi connectivity index (χ2v) is 5.30. The van der Waals surface area contributed by atoms with Gasteiger partial charge < -0.3 is 10.1 Å². The Labute approximate surface area is 110 Å². The smallest absolute Gasteiger partial charge is 0.125 e. The predicted octanol–water partition coefficient (Wildman–Crippen LogP) is 2.17. The van der Waals surface area contributed by atoms with Crippen molar-refractivity contribution >= 4 is 11.3 Å². The zero-order chi connectivity index (χ0) is 12.4. The molecule has 0 radical (unpaired) electrons. The lowest BCUT2D eigenvalue weighted by Crippen LogP contribution is -2.33. The number of nitrogens with zero attached hydrogens (tertiary/aromatic N) is 2. The van der Waals surface area contributed by atoms with E-state index in [9.17, 15) is 0 Å². The van der Waals surface area contributed by atoms with Gasteiger partial charge in [0.2, 0.25) is 0 Å². The number of pyridine rings is 1. The molecule has 1 saturated heterocycles. The average Bonchev–Trinajstić information content (AvgIpc) is 2.83. The molecule has 2 aromatic rings. The fourth-order valence-corrected chi connectivity index (χ4v) is 3.16. The number of thiazole rings is 1. The molecule has 0 spiro atoms. The maximum atomic E-state index is 5.79. The van der Waals surface area contributed by atoms with Crippen LogP contribution < -0.4 is 5.32 Å². The van der Waals surface area contributed by atoms with E-state index in [2.05, 4.69) is 15.3 Å². The lowest BCUT2D eigenvalue weighted by Gasteiger charge is -2.22. The number of hydrogen-bond acceptors (Lipinski definition) is 5. The van der Waals surface area contributed by atoms with Crippen LogP contribution in [0.1, 0.15) is 16.7 Å². The summed E-state index contributed by atoms with van der Waals surface area (Å²) in [4.78, 5) is 9.99. The molecule has 1 atom stereocenters. The van der Waals surface area contributed by atoms with Gasteiger partial charge in [-0.05, 0) is 19.1 Å². The van der Waals surface area contributed by atoms with Crippen LogP contribution in [-0.2, 0) is 4.74 Å². The van der Waals surface area contributed by atoms with E-state index >= 15 is 0 Å². The van der Waals surface area contributed by atoms with Crippen molar-refractivity contribution in [2.45, 2.75) is 13.0 Å². The third-order valence-electron chi connectivity index (χ3n) is 2.96. The largest absolute Gasteiger partial charge is 0.370 e. The first kappa shape index (κ1) is 11.8. The van der Waals surface area contributed by atoms with Gasteiger partial charge >= 0.3 is 0 Å². The normalized spacial score (nSPS) is 19.9. The van der Waals surface area contributed by atoms with E-state index in [0.717, 1.165) is 36.0 Å². The summed E-state index contributed by atoms with van der Waals surface area (Å²) in [6.45, 7) is 4.62. The summed E-state index contributed by atoms with van der Waals surface area (Å²) in [5.74, 6) is 0. The van der Waals surface area contributed by atoms with Gasteiger partial charge in [-0.25, -0.2) is 4.98 Å². The van der Waals surface area contributed by atoms with Crippen LogP contribution in [0.4, 0.5) is 0 Å². The first-order valence-corrected chi connectivity index (χ1v) is 6.86. The predicted molar refractivity (Wildman–Crippen MR) is 71.6 cm³/mol. The molecule has 1 unspecified atom stereocenters. The Morgan fingerprint density at radius 1 is 1.50 bits per heavy atom. The van der Waals surface area contributed by atoms with Crippen molar-refractivity contribution in [2.75, 3.05) is 19.7 Å². The van der Waals surface area contributed by atoms with Crippen molar-refractivity contribution in [1.29, 1.82) is 0 Å². The number of hydrogen-bond donors (Lipinski definition) is 1. The Morgan fingerprint density at radius 2 is 2.44 bits per heavy atom. The number of ether oxygens (including phenoxy) is 1. The van der Waals surface area contributed by atoms with Gasteiger partial charge in [0.1, 0.15) is 11.1 Å². The molecule has 94 valence electrons. The highest BCUT2D eigenvalue weighted by Crippen LogP contribution is 2.33. The molecule has 0 amide bonds. The summed E-state index contributed by atoms with van der Waals surface area (Å²) < 4.78 is 5.79. The lowest BCUT2D eigenvalue weighted by atomic mass is 10.2. The summed E-state index contributed by atoms with van der Waals surface area (Å²) in [7, 11) is 0. The number of aryl methyl sites for hydroxylation is 1. The maximum absolute atomic E-state index is 5.79. The van der Waals surface area contributed by atoms with E-state index in [1.54, 1.807) is 17.5 Å². The SMILES string of the molecule is Cc1nc(-c2cccnc2)sc1C1CNCCO1. The molecule has 0 saturated carbocycles. The van der Waals surface area contributed by atoms with Crippen LogP contribution in [-0.4, -0.2) is 29.7 Å². The van der Waals surface area contributed by atoms with Gasteiger partial charge in [-0.15, -0.1) is 11.3 Å².